The average Bonchev–Trinajstić information content (AvgIpc) is 3.03. The molecule has 4 rings (SSSR count). The van der Waals surface area contributed by atoms with Crippen LogP contribution in [0.25, 0.3) is 16.5 Å². The molecule has 1 aliphatic heterocycles. The Bertz CT molecular complexity index is 1070. The van der Waals surface area contributed by atoms with Crippen LogP contribution in [0.1, 0.15) is 30.0 Å². The van der Waals surface area contributed by atoms with Crippen LogP contribution >= 0.6 is 0 Å². The molecule has 0 bridgehead atoms. The summed E-state index contributed by atoms with van der Waals surface area (Å²) in [5, 5.41) is 10.7. The first-order valence-electron chi connectivity index (χ1n) is 9.64. The third-order valence-corrected chi connectivity index (χ3v) is 4.92. The van der Waals surface area contributed by atoms with Gasteiger partial charge in [0, 0.05) is 41.3 Å². The predicted octanol–water partition coefficient (Wildman–Crippen LogP) is 4.45. The second-order valence-electron chi connectivity index (χ2n) is 7.05. The lowest BCUT2D eigenvalue weighted by Gasteiger charge is -2.12. The second kappa shape index (κ2) is 7.82. The lowest BCUT2D eigenvalue weighted by atomic mass is 10.0. The Morgan fingerprint density at radius 2 is 2.07 bits per heavy atom. The van der Waals surface area contributed by atoms with E-state index in [1.54, 1.807) is 6.20 Å². The van der Waals surface area contributed by atoms with Crippen molar-refractivity contribution in [3.8, 4) is 0 Å². The summed E-state index contributed by atoms with van der Waals surface area (Å²) >= 11 is 0. The molecule has 1 amide bonds. The topological polar surface area (TPSA) is 66.0 Å². The number of benzene rings is 2. The molecule has 0 saturated heterocycles. The number of hydrogen-bond acceptors (Lipinski definition) is 4. The maximum Gasteiger partial charge on any atom is 0.257 e. The van der Waals surface area contributed by atoms with E-state index < -0.39 is 0 Å². The Hall–Kier alpha value is -3.18. The van der Waals surface area contributed by atoms with E-state index in [0.717, 1.165) is 47.4 Å². The van der Waals surface area contributed by atoms with E-state index in [9.17, 15) is 4.79 Å². The number of carbonyl (C=O) groups excluding carboxylic acids is 1. The molecule has 142 valence electrons. The number of aromatic nitrogens is 1. The minimum absolute atomic E-state index is 0.100. The molecule has 1 aromatic heterocycles. The molecule has 0 spiro atoms. The van der Waals surface area contributed by atoms with Crippen molar-refractivity contribution in [3.63, 3.8) is 0 Å². The van der Waals surface area contributed by atoms with Gasteiger partial charge in [-0.25, -0.2) is 0 Å². The zero-order chi connectivity index (χ0) is 19.5. The van der Waals surface area contributed by atoms with Crippen molar-refractivity contribution in [2.75, 3.05) is 17.2 Å². The molecule has 0 saturated carbocycles. The van der Waals surface area contributed by atoms with Gasteiger partial charge in [0.1, 0.15) is 0 Å². The summed E-state index contributed by atoms with van der Waals surface area (Å²) in [5.74, 6) is -0.100. The van der Waals surface area contributed by atoms with Gasteiger partial charge in [0.15, 0.2) is 0 Å². The summed E-state index contributed by atoms with van der Waals surface area (Å²) < 4.78 is 0. The molecule has 0 fully saturated rings. The van der Waals surface area contributed by atoms with Gasteiger partial charge in [0.05, 0.1) is 11.1 Å². The summed E-state index contributed by atoms with van der Waals surface area (Å²) in [4.78, 5) is 17.0. The smallest absolute Gasteiger partial charge is 0.257 e. The highest BCUT2D eigenvalue weighted by atomic mass is 16.2. The molecule has 0 aliphatic carbocycles. The quantitative estimate of drug-likeness (QED) is 0.442. The Kier molecular flexibility index (Phi) is 5.08. The number of nitrogens with one attached hydrogen (secondary N) is 3. The molecule has 5 heteroatoms. The first-order chi connectivity index (χ1) is 13.7. The van der Waals surface area contributed by atoms with Crippen molar-refractivity contribution in [1.29, 1.82) is 0 Å². The number of anilines is 2. The van der Waals surface area contributed by atoms with Crippen molar-refractivity contribution < 1.29 is 4.79 Å². The summed E-state index contributed by atoms with van der Waals surface area (Å²) in [6.45, 7) is 6.01. The van der Waals surface area contributed by atoms with Gasteiger partial charge in [0.25, 0.3) is 5.91 Å². The molecule has 5 nitrogen and oxygen atoms in total. The van der Waals surface area contributed by atoms with Crippen LogP contribution in [-0.2, 0) is 11.3 Å². The number of carbonyl (C=O) groups is 1. The van der Waals surface area contributed by atoms with Gasteiger partial charge >= 0.3 is 0 Å². The van der Waals surface area contributed by atoms with Crippen molar-refractivity contribution in [1.82, 2.24) is 10.3 Å². The standard InChI is InChI=1S/C23H24N4O/c1-3-10-24-13-16-12-15(2)6-7-19(16)26-14-18-22-17-5-4-11-25-20(17)8-9-21(22)27-23(18)28/h4-9,11-12,14,24,26H,3,10,13H2,1-2H3,(H,27,28). The van der Waals surface area contributed by atoms with E-state index >= 15 is 0 Å². The molecular weight excluding hydrogens is 348 g/mol. The molecule has 1 aliphatic rings. The van der Waals surface area contributed by atoms with E-state index in [1.165, 1.54) is 11.1 Å². The third kappa shape index (κ3) is 3.49. The van der Waals surface area contributed by atoms with Crippen LogP contribution in [0.3, 0.4) is 0 Å². The normalized spacial score (nSPS) is 14.4. The number of rotatable bonds is 6. The molecule has 3 N–H and O–H groups in total. The van der Waals surface area contributed by atoms with Crippen molar-refractivity contribution in [2.45, 2.75) is 26.8 Å². The lowest BCUT2D eigenvalue weighted by Crippen LogP contribution is -2.15. The van der Waals surface area contributed by atoms with Gasteiger partial charge in [-0.05, 0) is 49.7 Å². The van der Waals surface area contributed by atoms with Crippen LogP contribution in [0.2, 0.25) is 0 Å². The molecule has 0 unspecified atom stereocenters. The third-order valence-electron chi connectivity index (χ3n) is 4.92. The average molecular weight is 372 g/mol. The SMILES string of the molecule is CCCNCc1cc(C)ccc1NC=C1C(=O)Nc2ccc3ncccc3c21. The Morgan fingerprint density at radius 3 is 2.93 bits per heavy atom. The molecule has 2 heterocycles. The lowest BCUT2D eigenvalue weighted by molar-refractivity contribution is -0.110. The van der Waals surface area contributed by atoms with Gasteiger partial charge in [-0.15, -0.1) is 0 Å². The summed E-state index contributed by atoms with van der Waals surface area (Å²) in [5.41, 5.74) is 6.63. The number of fused-ring (bicyclic) bond motifs is 3. The van der Waals surface area contributed by atoms with Crippen LogP contribution in [0, 0.1) is 6.92 Å². The predicted molar refractivity (Wildman–Crippen MR) is 115 cm³/mol. The molecule has 0 radical (unpaired) electrons. The first kappa shape index (κ1) is 18.2. The van der Waals surface area contributed by atoms with Gasteiger partial charge in [-0.1, -0.05) is 30.7 Å². The van der Waals surface area contributed by atoms with Crippen LogP contribution in [0.15, 0.2) is 54.9 Å². The van der Waals surface area contributed by atoms with E-state index in [2.05, 4.69) is 53.0 Å². The fourth-order valence-electron chi connectivity index (χ4n) is 3.55. The largest absolute Gasteiger partial charge is 0.361 e. The van der Waals surface area contributed by atoms with E-state index in [4.69, 9.17) is 0 Å². The minimum Gasteiger partial charge on any atom is -0.361 e. The molecule has 2 aromatic carbocycles. The van der Waals surface area contributed by atoms with Crippen LogP contribution in [0.5, 0.6) is 0 Å². The van der Waals surface area contributed by atoms with E-state index in [1.807, 2.05) is 30.5 Å². The van der Waals surface area contributed by atoms with Crippen molar-refractivity contribution in [2.24, 2.45) is 0 Å². The van der Waals surface area contributed by atoms with Crippen molar-refractivity contribution >= 4 is 33.8 Å². The van der Waals surface area contributed by atoms with Crippen molar-refractivity contribution in [3.05, 3.63) is 71.6 Å². The summed E-state index contributed by atoms with van der Waals surface area (Å²) in [6, 6.07) is 14.1. The fourth-order valence-corrected chi connectivity index (χ4v) is 3.55. The first-order valence-corrected chi connectivity index (χ1v) is 9.64. The highest BCUT2D eigenvalue weighted by Crippen LogP contribution is 2.37. The second-order valence-corrected chi connectivity index (χ2v) is 7.05. The van der Waals surface area contributed by atoms with Gasteiger partial charge < -0.3 is 16.0 Å². The number of aryl methyl sites for hydroxylation is 1. The van der Waals surface area contributed by atoms with Gasteiger partial charge in [-0.3, -0.25) is 9.78 Å². The molecule has 28 heavy (non-hydrogen) atoms. The monoisotopic (exact) mass is 372 g/mol. The molecular formula is C23H24N4O. The number of hydrogen-bond donors (Lipinski definition) is 3. The Morgan fingerprint density at radius 1 is 1.18 bits per heavy atom. The highest BCUT2D eigenvalue weighted by molar-refractivity contribution is 6.34. The van der Waals surface area contributed by atoms with E-state index in [-0.39, 0.29) is 5.91 Å². The summed E-state index contributed by atoms with van der Waals surface area (Å²) in [7, 11) is 0. The zero-order valence-electron chi connectivity index (χ0n) is 16.2. The highest BCUT2D eigenvalue weighted by Gasteiger charge is 2.26. The van der Waals surface area contributed by atoms with Crippen LogP contribution in [-0.4, -0.2) is 17.4 Å². The maximum atomic E-state index is 12.6. The number of nitrogens with zero attached hydrogens (tertiary/aromatic N) is 1. The van der Waals surface area contributed by atoms with E-state index in [0.29, 0.717) is 5.57 Å². The van der Waals surface area contributed by atoms with Gasteiger partial charge in [-0.2, -0.15) is 0 Å². The zero-order valence-corrected chi connectivity index (χ0v) is 16.2. The molecule has 0 atom stereocenters. The Labute approximate surface area is 164 Å². The minimum atomic E-state index is -0.100. The number of pyridine rings is 1. The molecule has 3 aromatic rings. The van der Waals surface area contributed by atoms with Crippen LogP contribution in [0.4, 0.5) is 11.4 Å². The summed E-state index contributed by atoms with van der Waals surface area (Å²) in [6.07, 6.45) is 4.67. The van der Waals surface area contributed by atoms with Gasteiger partial charge in [0.2, 0.25) is 0 Å². The van der Waals surface area contributed by atoms with Crippen LogP contribution < -0.4 is 16.0 Å². The fraction of sp³-hybridized carbons (Fsp3) is 0.217. The number of amides is 1. The maximum absolute atomic E-state index is 12.6. The Balaban J connectivity index is 1.69.